The summed E-state index contributed by atoms with van der Waals surface area (Å²) in [6.07, 6.45) is 10.7. The smallest absolute Gasteiger partial charge is 0.411 e. The van der Waals surface area contributed by atoms with E-state index < -0.39 is 22.3 Å². The number of piperidine rings is 1. The van der Waals surface area contributed by atoms with Gasteiger partial charge >= 0.3 is 12.2 Å². The molecule has 11 heteroatoms. The molecule has 302 valence electrons. The molecule has 2 aliphatic heterocycles. The number of rotatable bonds is 6. The van der Waals surface area contributed by atoms with Gasteiger partial charge in [0.2, 0.25) is 0 Å². The normalized spacial score (nSPS) is 24.8. The molecule has 3 unspecified atom stereocenters. The second kappa shape index (κ2) is 13.9. The van der Waals surface area contributed by atoms with Crippen molar-refractivity contribution in [3.63, 3.8) is 0 Å². The van der Waals surface area contributed by atoms with Crippen LogP contribution in [0.2, 0.25) is 0 Å². The van der Waals surface area contributed by atoms with Crippen LogP contribution in [-0.2, 0) is 15.0 Å². The monoisotopic (exact) mass is 790 g/mol. The molecule has 2 aliphatic carbocycles. The Morgan fingerprint density at radius 3 is 2.11 bits per heavy atom. The molecule has 2 saturated heterocycles. The highest BCUT2D eigenvalue weighted by atomic mass is 32.2. The number of benzene rings is 2. The lowest BCUT2D eigenvalue weighted by Crippen LogP contribution is -2.60. The van der Waals surface area contributed by atoms with Crippen LogP contribution >= 0.6 is 11.8 Å². The van der Waals surface area contributed by atoms with Crippen LogP contribution in [0.3, 0.4) is 0 Å². The number of carbonyl (C=O) groups is 2. The van der Waals surface area contributed by atoms with Gasteiger partial charge in [-0.2, -0.15) is 11.8 Å². The SMILES string of the molecule is CCC1(C)C(c2ncc(-c3ccc(C#Cc4ccc5nc(C6(CSC)CC7(CC7)CN6C(=O)OC(C)(C)C)[nH]c5c4)cc3)[nH]2)CC2(CC2)CN1C(=O)OC(C)(C)C. The second-order valence-electron chi connectivity index (χ2n) is 19.6. The topological polar surface area (TPSA) is 116 Å². The predicted molar refractivity (Wildman–Crippen MR) is 226 cm³/mol. The average molecular weight is 791 g/mol. The average Bonchev–Trinajstić information content (AvgIpc) is 3.88. The van der Waals surface area contributed by atoms with Gasteiger partial charge < -0.3 is 24.3 Å². The van der Waals surface area contributed by atoms with Crippen molar-refractivity contribution in [2.45, 2.75) is 129 Å². The maximum Gasteiger partial charge on any atom is 0.411 e. The zero-order valence-electron chi connectivity index (χ0n) is 35.1. The molecular weight excluding hydrogens is 733 g/mol. The Bertz CT molecular complexity index is 2250. The van der Waals surface area contributed by atoms with Gasteiger partial charge in [-0.05, 0) is 146 Å². The number of ether oxygens (including phenoxy) is 2. The highest BCUT2D eigenvalue weighted by Gasteiger charge is 2.63. The number of aromatic nitrogens is 4. The molecule has 4 heterocycles. The molecule has 2 spiro atoms. The van der Waals surface area contributed by atoms with E-state index in [4.69, 9.17) is 19.4 Å². The van der Waals surface area contributed by atoms with Crippen molar-refractivity contribution in [1.82, 2.24) is 29.7 Å². The summed E-state index contributed by atoms with van der Waals surface area (Å²) in [5.74, 6) is 9.25. The highest BCUT2D eigenvalue weighted by Crippen LogP contribution is 2.62. The minimum Gasteiger partial charge on any atom is -0.444 e. The van der Waals surface area contributed by atoms with Crippen LogP contribution < -0.4 is 0 Å². The van der Waals surface area contributed by atoms with Gasteiger partial charge in [0.1, 0.15) is 28.4 Å². The van der Waals surface area contributed by atoms with Gasteiger partial charge in [-0.25, -0.2) is 19.6 Å². The Morgan fingerprint density at radius 2 is 1.49 bits per heavy atom. The predicted octanol–water partition coefficient (Wildman–Crippen LogP) is 10.0. The van der Waals surface area contributed by atoms with Crippen LogP contribution in [0.5, 0.6) is 0 Å². The van der Waals surface area contributed by atoms with Gasteiger partial charge in [0.05, 0.1) is 28.5 Å². The lowest BCUT2D eigenvalue weighted by atomic mass is 9.71. The molecule has 4 fully saturated rings. The molecule has 2 aromatic heterocycles. The third kappa shape index (κ3) is 7.67. The quantitative estimate of drug-likeness (QED) is 0.187. The van der Waals surface area contributed by atoms with E-state index in [1.54, 1.807) is 11.8 Å². The van der Waals surface area contributed by atoms with Crippen molar-refractivity contribution in [2.24, 2.45) is 10.8 Å². The highest BCUT2D eigenvalue weighted by molar-refractivity contribution is 7.98. The van der Waals surface area contributed by atoms with Crippen LogP contribution in [0.4, 0.5) is 9.59 Å². The molecule has 4 aromatic rings. The lowest BCUT2D eigenvalue weighted by molar-refractivity contribution is -0.0359. The summed E-state index contributed by atoms with van der Waals surface area (Å²) in [4.78, 5) is 48.4. The standard InChI is InChI=1S/C46H58N6O4S/c1-10-43(8)33(24-44(19-20-44)27-51(43)39(53)55-41(2,3)4)37-47-25-36(48-37)32-16-13-30(14-17-32)11-12-31-15-18-34-35(23-31)50-38(49-34)46(29-57-9)26-45(21-22-45)28-52(46)40(54)56-42(5,6)7/h13-18,23,25,33H,10,19-22,24,26-29H2,1-9H3,(H,47,48)(H,49,50). The fourth-order valence-electron chi connectivity index (χ4n) is 9.20. The zero-order valence-corrected chi connectivity index (χ0v) is 35.9. The van der Waals surface area contributed by atoms with Crippen molar-refractivity contribution >= 4 is 35.0 Å². The van der Waals surface area contributed by atoms with Crippen molar-refractivity contribution in [3.8, 4) is 23.1 Å². The van der Waals surface area contributed by atoms with E-state index in [0.29, 0.717) is 6.54 Å². The first kappa shape index (κ1) is 39.4. The third-order valence-corrected chi connectivity index (χ3v) is 13.6. The van der Waals surface area contributed by atoms with E-state index in [1.807, 2.05) is 81.8 Å². The first-order valence-electron chi connectivity index (χ1n) is 20.6. The van der Waals surface area contributed by atoms with E-state index in [-0.39, 0.29) is 28.9 Å². The molecule has 0 bridgehead atoms. The van der Waals surface area contributed by atoms with Gasteiger partial charge in [0.25, 0.3) is 0 Å². The number of aromatic amines is 2. The second-order valence-corrected chi connectivity index (χ2v) is 20.4. The zero-order chi connectivity index (χ0) is 40.6. The Kier molecular flexibility index (Phi) is 9.58. The van der Waals surface area contributed by atoms with Crippen molar-refractivity contribution < 1.29 is 19.1 Å². The maximum absolute atomic E-state index is 13.6. The van der Waals surface area contributed by atoms with E-state index in [2.05, 4.69) is 60.1 Å². The van der Waals surface area contributed by atoms with E-state index in [1.165, 1.54) is 0 Å². The molecule has 2 amide bonds. The van der Waals surface area contributed by atoms with E-state index in [0.717, 1.165) is 102 Å². The number of amides is 2. The summed E-state index contributed by atoms with van der Waals surface area (Å²) in [6, 6.07) is 14.3. The van der Waals surface area contributed by atoms with Crippen molar-refractivity contribution in [1.29, 1.82) is 0 Å². The van der Waals surface area contributed by atoms with Crippen LogP contribution in [-0.4, -0.2) is 83.8 Å². The Morgan fingerprint density at radius 1 is 0.877 bits per heavy atom. The molecule has 4 aliphatic rings. The van der Waals surface area contributed by atoms with Gasteiger partial charge in [-0.1, -0.05) is 30.9 Å². The number of nitrogens with one attached hydrogen (secondary N) is 2. The summed E-state index contributed by atoms with van der Waals surface area (Å²) in [7, 11) is 0. The van der Waals surface area contributed by atoms with Crippen molar-refractivity contribution in [2.75, 3.05) is 25.1 Å². The third-order valence-electron chi connectivity index (χ3n) is 12.8. The summed E-state index contributed by atoms with van der Waals surface area (Å²) in [5.41, 5.74) is 3.71. The number of nitrogens with zero attached hydrogens (tertiary/aromatic N) is 4. The summed E-state index contributed by atoms with van der Waals surface area (Å²) in [6.45, 7) is 17.3. The number of H-pyrrole nitrogens is 2. The number of likely N-dealkylation sites (tertiary alicyclic amines) is 2. The molecule has 2 saturated carbocycles. The molecule has 10 nitrogen and oxygen atoms in total. The summed E-state index contributed by atoms with van der Waals surface area (Å²) in [5, 5.41) is 0. The Balaban J connectivity index is 1.00. The first-order valence-corrected chi connectivity index (χ1v) is 22.0. The Labute approximate surface area is 341 Å². The van der Waals surface area contributed by atoms with E-state index in [9.17, 15) is 9.59 Å². The fourth-order valence-corrected chi connectivity index (χ4v) is 10.1. The van der Waals surface area contributed by atoms with Crippen LogP contribution in [0.25, 0.3) is 22.3 Å². The summed E-state index contributed by atoms with van der Waals surface area (Å²) >= 11 is 1.74. The van der Waals surface area contributed by atoms with Gasteiger partial charge in [-0.3, -0.25) is 4.90 Å². The number of imidazole rings is 2. The largest absolute Gasteiger partial charge is 0.444 e. The minimum atomic E-state index is -0.578. The van der Waals surface area contributed by atoms with Crippen molar-refractivity contribution in [3.05, 3.63) is 71.4 Å². The number of fused-ring (bicyclic) bond motifs is 1. The molecule has 8 rings (SSSR count). The van der Waals surface area contributed by atoms with E-state index >= 15 is 0 Å². The van der Waals surface area contributed by atoms with Crippen LogP contribution in [0.1, 0.15) is 129 Å². The Hall–Kier alpha value is -4.43. The van der Waals surface area contributed by atoms with Gasteiger partial charge in [0, 0.05) is 35.9 Å². The first-order chi connectivity index (χ1) is 26.9. The molecule has 57 heavy (non-hydrogen) atoms. The number of carbonyl (C=O) groups excluding carboxylic acids is 2. The van der Waals surface area contributed by atoms with Crippen LogP contribution in [0, 0.1) is 22.7 Å². The molecule has 2 N–H and O–H groups in total. The fraction of sp³-hybridized carbons (Fsp3) is 0.565. The molecule has 2 aromatic carbocycles. The van der Waals surface area contributed by atoms with Gasteiger partial charge in [-0.15, -0.1) is 0 Å². The lowest BCUT2D eigenvalue weighted by Gasteiger charge is -2.52. The molecule has 3 atom stereocenters. The maximum atomic E-state index is 13.6. The summed E-state index contributed by atoms with van der Waals surface area (Å²) < 4.78 is 11.9. The van der Waals surface area contributed by atoms with Gasteiger partial charge in [0.15, 0.2) is 0 Å². The molecule has 0 radical (unpaired) electrons. The molecular formula is C46H58N6O4S. The minimum absolute atomic E-state index is 0.0708. The number of thioether (sulfide) groups is 1. The number of hydrogen-bond acceptors (Lipinski definition) is 7. The number of hydrogen-bond donors (Lipinski definition) is 2. The van der Waals surface area contributed by atoms with Crippen LogP contribution in [0.15, 0.2) is 48.7 Å².